The van der Waals surface area contributed by atoms with Gasteiger partial charge in [0.25, 0.3) is 0 Å². The first kappa shape index (κ1) is 19.3. The Balaban J connectivity index is 2.20. The fourth-order valence-corrected chi connectivity index (χ4v) is 3.76. The topological polar surface area (TPSA) is 52.2 Å². The molecule has 0 aliphatic carbocycles. The zero-order chi connectivity index (χ0) is 19.2. The molecule has 0 spiro atoms. The van der Waals surface area contributed by atoms with Gasteiger partial charge in [-0.25, -0.2) is 0 Å². The van der Waals surface area contributed by atoms with E-state index in [-0.39, 0.29) is 6.04 Å². The summed E-state index contributed by atoms with van der Waals surface area (Å²) in [4.78, 5) is 2.44. The van der Waals surface area contributed by atoms with Gasteiger partial charge in [-0.05, 0) is 12.1 Å². The van der Waals surface area contributed by atoms with Crippen LogP contribution in [0.3, 0.4) is 0 Å². The Morgan fingerprint density at radius 1 is 0.741 bits per heavy atom. The SMILES string of the molecule is COc1cccc(C(c2cccc(OC)c2OC)N2CCNCC2)c1OC. The number of hydrogen-bond donors (Lipinski definition) is 1. The molecule has 1 fully saturated rings. The minimum absolute atomic E-state index is 0.0396. The number of nitrogens with one attached hydrogen (secondary N) is 1. The first-order valence-corrected chi connectivity index (χ1v) is 9.11. The molecule has 0 bridgehead atoms. The summed E-state index contributed by atoms with van der Waals surface area (Å²) >= 11 is 0. The molecule has 0 saturated carbocycles. The number of rotatable bonds is 7. The van der Waals surface area contributed by atoms with E-state index in [2.05, 4.69) is 22.3 Å². The fourth-order valence-electron chi connectivity index (χ4n) is 3.76. The van der Waals surface area contributed by atoms with E-state index in [1.54, 1.807) is 28.4 Å². The molecule has 6 heteroatoms. The van der Waals surface area contributed by atoms with E-state index >= 15 is 0 Å². The summed E-state index contributed by atoms with van der Waals surface area (Å²) in [6.07, 6.45) is 0. The molecule has 0 aromatic heterocycles. The second-order valence-corrected chi connectivity index (χ2v) is 6.35. The van der Waals surface area contributed by atoms with Gasteiger partial charge in [-0.15, -0.1) is 0 Å². The summed E-state index contributed by atoms with van der Waals surface area (Å²) < 4.78 is 22.6. The van der Waals surface area contributed by atoms with Crippen LogP contribution in [0.2, 0.25) is 0 Å². The average molecular weight is 372 g/mol. The lowest BCUT2D eigenvalue weighted by atomic mass is 9.94. The summed E-state index contributed by atoms with van der Waals surface area (Å²) in [5.41, 5.74) is 2.09. The Kier molecular flexibility index (Phi) is 6.42. The van der Waals surface area contributed by atoms with Crippen molar-refractivity contribution in [3.63, 3.8) is 0 Å². The lowest BCUT2D eigenvalue weighted by Gasteiger charge is -2.37. The van der Waals surface area contributed by atoms with E-state index in [1.807, 2.05) is 24.3 Å². The van der Waals surface area contributed by atoms with Crippen molar-refractivity contribution >= 4 is 0 Å². The maximum absolute atomic E-state index is 5.75. The van der Waals surface area contributed by atoms with Crippen molar-refractivity contribution in [2.45, 2.75) is 6.04 Å². The van der Waals surface area contributed by atoms with Gasteiger partial charge in [0.05, 0.1) is 34.5 Å². The lowest BCUT2D eigenvalue weighted by molar-refractivity contribution is 0.191. The Hall–Kier alpha value is -2.44. The van der Waals surface area contributed by atoms with Gasteiger partial charge in [-0.3, -0.25) is 4.90 Å². The Morgan fingerprint density at radius 2 is 1.22 bits per heavy atom. The highest BCUT2D eigenvalue weighted by molar-refractivity contribution is 5.56. The smallest absolute Gasteiger partial charge is 0.165 e. The van der Waals surface area contributed by atoms with Crippen LogP contribution in [-0.4, -0.2) is 59.5 Å². The number of methoxy groups -OCH3 is 4. The van der Waals surface area contributed by atoms with Crippen LogP contribution in [0.25, 0.3) is 0 Å². The quantitative estimate of drug-likeness (QED) is 0.807. The highest BCUT2D eigenvalue weighted by atomic mass is 16.5. The largest absolute Gasteiger partial charge is 0.493 e. The molecule has 0 amide bonds. The lowest BCUT2D eigenvalue weighted by Crippen LogP contribution is -2.45. The summed E-state index contributed by atoms with van der Waals surface area (Å²) in [5, 5.41) is 3.42. The third-order valence-corrected chi connectivity index (χ3v) is 4.97. The van der Waals surface area contributed by atoms with Crippen molar-refractivity contribution in [2.75, 3.05) is 54.6 Å². The number of nitrogens with zero attached hydrogens (tertiary/aromatic N) is 1. The zero-order valence-electron chi connectivity index (χ0n) is 16.5. The number of para-hydroxylation sites is 2. The van der Waals surface area contributed by atoms with Gasteiger partial charge >= 0.3 is 0 Å². The maximum atomic E-state index is 5.75. The van der Waals surface area contributed by atoms with E-state index in [9.17, 15) is 0 Å². The third kappa shape index (κ3) is 3.82. The molecule has 27 heavy (non-hydrogen) atoms. The van der Waals surface area contributed by atoms with Gasteiger partial charge in [0.2, 0.25) is 0 Å². The summed E-state index contributed by atoms with van der Waals surface area (Å²) in [7, 11) is 6.68. The van der Waals surface area contributed by atoms with Crippen LogP contribution in [0.1, 0.15) is 17.2 Å². The predicted molar refractivity (Wildman–Crippen MR) is 105 cm³/mol. The average Bonchev–Trinajstić information content (AvgIpc) is 2.74. The molecule has 0 radical (unpaired) electrons. The molecular formula is C21H28N2O4. The number of benzene rings is 2. The molecule has 1 heterocycles. The van der Waals surface area contributed by atoms with Gasteiger partial charge in [0.15, 0.2) is 23.0 Å². The number of piperazine rings is 1. The van der Waals surface area contributed by atoms with Crippen molar-refractivity contribution in [3.05, 3.63) is 47.5 Å². The molecule has 146 valence electrons. The van der Waals surface area contributed by atoms with Gasteiger partial charge in [-0.2, -0.15) is 0 Å². The van der Waals surface area contributed by atoms with Gasteiger partial charge < -0.3 is 24.3 Å². The Morgan fingerprint density at radius 3 is 1.63 bits per heavy atom. The van der Waals surface area contributed by atoms with Crippen LogP contribution in [-0.2, 0) is 0 Å². The third-order valence-electron chi connectivity index (χ3n) is 4.97. The molecular weight excluding hydrogens is 344 g/mol. The summed E-state index contributed by atoms with van der Waals surface area (Å²) in [6, 6.07) is 12.0. The molecule has 1 N–H and O–H groups in total. The molecule has 2 aromatic rings. The molecule has 1 aliphatic heterocycles. The standard InChI is InChI=1S/C21H28N2O4/c1-24-17-9-5-7-15(20(17)26-3)19(23-13-11-22-12-14-23)16-8-6-10-18(25-2)21(16)27-4/h5-10,19,22H,11-14H2,1-4H3. The first-order valence-electron chi connectivity index (χ1n) is 9.11. The molecule has 0 unspecified atom stereocenters. The normalized spacial score (nSPS) is 14.9. The van der Waals surface area contributed by atoms with Crippen molar-refractivity contribution in [3.8, 4) is 23.0 Å². The minimum atomic E-state index is -0.0396. The van der Waals surface area contributed by atoms with E-state index in [1.165, 1.54) is 0 Å². The van der Waals surface area contributed by atoms with Gasteiger partial charge in [0.1, 0.15) is 0 Å². The maximum Gasteiger partial charge on any atom is 0.165 e. The van der Waals surface area contributed by atoms with Crippen LogP contribution >= 0.6 is 0 Å². The summed E-state index contributed by atoms with van der Waals surface area (Å²) in [6.45, 7) is 3.72. The van der Waals surface area contributed by atoms with Crippen molar-refractivity contribution < 1.29 is 18.9 Å². The van der Waals surface area contributed by atoms with E-state index in [0.29, 0.717) is 0 Å². The summed E-state index contributed by atoms with van der Waals surface area (Å²) in [5.74, 6) is 2.93. The zero-order valence-corrected chi connectivity index (χ0v) is 16.5. The van der Waals surface area contributed by atoms with Crippen LogP contribution < -0.4 is 24.3 Å². The van der Waals surface area contributed by atoms with Crippen molar-refractivity contribution in [1.29, 1.82) is 0 Å². The molecule has 3 rings (SSSR count). The van der Waals surface area contributed by atoms with Crippen LogP contribution in [0, 0.1) is 0 Å². The van der Waals surface area contributed by atoms with Gasteiger partial charge in [-0.1, -0.05) is 24.3 Å². The Bertz CT molecular complexity index is 704. The molecule has 1 aliphatic rings. The monoisotopic (exact) mass is 372 g/mol. The van der Waals surface area contributed by atoms with Crippen molar-refractivity contribution in [1.82, 2.24) is 10.2 Å². The van der Waals surface area contributed by atoms with Crippen LogP contribution in [0.5, 0.6) is 23.0 Å². The minimum Gasteiger partial charge on any atom is -0.493 e. The van der Waals surface area contributed by atoms with Crippen LogP contribution in [0.15, 0.2) is 36.4 Å². The van der Waals surface area contributed by atoms with E-state index in [0.717, 1.165) is 60.3 Å². The highest BCUT2D eigenvalue weighted by Crippen LogP contribution is 2.45. The predicted octanol–water partition coefficient (Wildman–Crippen LogP) is 2.72. The molecule has 6 nitrogen and oxygen atoms in total. The Labute approximate surface area is 161 Å². The van der Waals surface area contributed by atoms with E-state index in [4.69, 9.17) is 18.9 Å². The van der Waals surface area contributed by atoms with Crippen molar-refractivity contribution in [2.24, 2.45) is 0 Å². The molecule has 0 atom stereocenters. The molecule has 1 saturated heterocycles. The fraction of sp³-hybridized carbons (Fsp3) is 0.429. The van der Waals surface area contributed by atoms with Gasteiger partial charge in [0, 0.05) is 37.3 Å². The number of hydrogen-bond acceptors (Lipinski definition) is 6. The first-order chi connectivity index (χ1) is 13.2. The highest BCUT2D eigenvalue weighted by Gasteiger charge is 2.31. The number of ether oxygens (including phenoxy) is 4. The second kappa shape index (κ2) is 8.97. The van der Waals surface area contributed by atoms with E-state index < -0.39 is 0 Å². The van der Waals surface area contributed by atoms with Crippen LogP contribution in [0.4, 0.5) is 0 Å². The second-order valence-electron chi connectivity index (χ2n) is 6.35. The molecule has 2 aromatic carbocycles.